The van der Waals surface area contributed by atoms with Gasteiger partial charge in [-0.3, -0.25) is 9.89 Å². The first-order valence-corrected chi connectivity index (χ1v) is 11.3. The number of carbonyl (C=O) groups excluding carboxylic acids is 1. The lowest BCUT2D eigenvalue weighted by atomic mass is 9.95. The highest BCUT2D eigenvalue weighted by molar-refractivity contribution is 6.00. The molecule has 1 aliphatic carbocycles. The minimum Gasteiger partial charge on any atom is -0.497 e. The van der Waals surface area contributed by atoms with Gasteiger partial charge in [-0.1, -0.05) is 12.1 Å². The van der Waals surface area contributed by atoms with Gasteiger partial charge >= 0.3 is 0 Å². The van der Waals surface area contributed by atoms with Crippen LogP contribution in [0.1, 0.15) is 47.3 Å². The Labute approximate surface area is 187 Å². The number of H-pyrrole nitrogens is 1. The van der Waals surface area contributed by atoms with Crippen molar-refractivity contribution in [1.29, 1.82) is 0 Å². The Kier molecular flexibility index (Phi) is 5.75. The summed E-state index contributed by atoms with van der Waals surface area (Å²) in [5, 5.41) is 10.3. The number of aromatic amines is 1. The van der Waals surface area contributed by atoms with Gasteiger partial charge in [0.2, 0.25) is 0 Å². The number of nitrogens with zero attached hydrogens (tertiary/aromatic N) is 4. The zero-order valence-electron chi connectivity index (χ0n) is 18.3. The topological polar surface area (TPSA) is 96.0 Å². The third kappa shape index (κ3) is 4.04. The molecule has 2 aromatic heterocycles. The van der Waals surface area contributed by atoms with Crippen LogP contribution in [-0.2, 0) is 12.8 Å². The van der Waals surface area contributed by atoms with Crippen LogP contribution < -0.4 is 15.0 Å². The molecular formula is C24H28N6O2. The molecule has 8 heteroatoms. The van der Waals surface area contributed by atoms with Crippen LogP contribution in [-0.4, -0.2) is 52.3 Å². The molecule has 166 valence electrons. The smallest absolute Gasteiger partial charge is 0.255 e. The van der Waals surface area contributed by atoms with Crippen molar-refractivity contribution in [3.8, 4) is 17.0 Å². The van der Waals surface area contributed by atoms with Gasteiger partial charge in [0, 0.05) is 36.0 Å². The number of aryl methyl sites for hydroxylation is 1. The number of nitrogens with one attached hydrogen (secondary N) is 2. The molecule has 3 heterocycles. The SMILES string of the molecule is COc1cccc(-c2[nH]ncc2C(=O)NC2CCN(c3ncnc4c3CCCC4)CC2)c1. The number of aromatic nitrogens is 4. The number of amides is 1. The van der Waals surface area contributed by atoms with E-state index in [1.54, 1.807) is 19.6 Å². The predicted octanol–water partition coefficient (Wildman–Crippen LogP) is 3.15. The van der Waals surface area contributed by atoms with Crippen LogP contribution >= 0.6 is 0 Å². The standard InChI is InChI=1S/C24H28N6O2/c1-32-18-6-4-5-16(13-18)22-20(14-27-29-22)24(31)28-17-9-11-30(12-10-17)23-19-7-2-3-8-21(19)25-15-26-23/h4-6,13-15,17H,2-3,7-12H2,1H3,(H,27,29)(H,28,31). The van der Waals surface area contributed by atoms with Crippen LogP contribution in [0.3, 0.4) is 0 Å². The maximum Gasteiger partial charge on any atom is 0.255 e. The van der Waals surface area contributed by atoms with Gasteiger partial charge in [0.25, 0.3) is 5.91 Å². The molecule has 1 amide bonds. The van der Waals surface area contributed by atoms with E-state index < -0.39 is 0 Å². The second kappa shape index (κ2) is 8.98. The highest BCUT2D eigenvalue weighted by Gasteiger charge is 2.26. The first-order valence-electron chi connectivity index (χ1n) is 11.3. The average Bonchev–Trinajstić information content (AvgIpc) is 3.35. The number of carbonyl (C=O) groups is 1. The van der Waals surface area contributed by atoms with Crippen LogP contribution in [0.4, 0.5) is 5.82 Å². The minimum atomic E-state index is -0.102. The molecule has 0 radical (unpaired) electrons. The quantitative estimate of drug-likeness (QED) is 0.643. The highest BCUT2D eigenvalue weighted by atomic mass is 16.5. The van der Waals surface area contributed by atoms with Gasteiger partial charge < -0.3 is 15.0 Å². The Morgan fingerprint density at radius 1 is 1.19 bits per heavy atom. The van der Waals surface area contributed by atoms with E-state index >= 15 is 0 Å². The van der Waals surface area contributed by atoms with Crippen molar-refractivity contribution < 1.29 is 9.53 Å². The number of benzene rings is 1. The lowest BCUT2D eigenvalue weighted by Crippen LogP contribution is -2.45. The molecule has 0 spiro atoms. The van der Waals surface area contributed by atoms with E-state index in [4.69, 9.17) is 4.74 Å². The molecule has 2 N–H and O–H groups in total. The lowest BCUT2D eigenvalue weighted by Gasteiger charge is -2.35. The van der Waals surface area contributed by atoms with Gasteiger partial charge in [-0.15, -0.1) is 0 Å². The third-order valence-electron chi connectivity index (χ3n) is 6.47. The number of fused-ring (bicyclic) bond motifs is 1. The van der Waals surface area contributed by atoms with Crippen LogP contribution in [0.15, 0.2) is 36.8 Å². The molecule has 5 rings (SSSR count). The summed E-state index contributed by atoms with van der Waals surface area (Å²) >= 11 is 0. The number of methoxy groups -OCH3 is 1. The highest BCUT2D eigenvalue weighted by Crippen LogP contribution is 2.29. The molecule has 3 aromatic rings. The van der Waals surface area contributed by atoms with Gasteiger partial charge in [0.1, 0.15) is 17.9 Å². The molecule has 1 aliphatic heterocycles. The summed E-state index contributed by atoms with van der Waals surface area (Å²) in [5.74, 6) is 1.73. The van der Waals surface area contributed by atoms with Crippen molar-refractivity contribution in [3.05, 3.63) is 53.6 Å². The Bertz CT molecular complexity index is 1100. The molecule has 8 nitrogen and oxygen atoms in total. The van der Waals surface area contributed by atoms with E-state index in [2.05, 4.69) is 30.4 Å². The summed E-state index contributed by atoms with van der Waals surface area (Å²) in [4.78, 5) is 24.5. The first-order chi connectivity index (χ1) is 15.7. The zero-order valence-corrected chi connectivity index (χ0v) is 18.3. The summed E-state index contributed by atoms with van der Waals surface area (Å²) in [6.07, 6.45) is 9.60. The maximum atomic E-state index is 13.0. The molecule has 1 saturated heterocycles. The van der Waals surface area contributed by atoms with Crippen molar-refractivity contribution >= 4 is 11.7 Å². The summed E-state index contributed by atoms with van der Waals surface area (Å²) in [6.45, 7) is 1.76. The van der Waals surface area contributed by atoms with Crippen molar-refractivity contribution in [2.24, 2.45) is 0 Å². The molecule has 1 aromatic carbocycles. The Morgan fingerprint density at radius 3 is 2.88 bits per heavy atom. The second-order valence-electron chi connectivity index (χ2n) is 8.46. The van der Waals surface area contributed by atoms with Gasteiger partial charge in [0.05, 0.1) is 24.6 Å². The lowest BCUT2D eigenvalue weighted by molar-refractivity contribution is 0.0932. The van der Waals surface area contributed by atoms with E-state index in [1.165, 1.54) is 24.1 Å². The number of anilines is 1. The molecule has 0 saturated carbocycles. The summed E-state index contributed by atoms with van der Waals surface area (Å²) in [7, 11) is 1.63. The second-order valence-corrected chi connectivity index (χ2v) is 8.46. The molecule has 0 unspecified atom stereocenters. The van der Waals surface area contributed by atoms with E-state index in [-0.39, 0.29) is 11.9 Å². The van der Waals surface area contributed by atoms with Crippen LogP contribution in [0.25, 0.3) is 11.3 Å². The fraction of sp³-hybridized carbons (Fsp3) is 0.417. The fourth-order valence-corrected chi connectivity index (χ4v) is 4.73. The predicted molar refractivity (Wildman–Crippen MR) is 122 cm³/mol. The number of hydrogen-bond acceptors (Lipinski definition) is 6. The zero-order chi connectivity index (χ0) is 21.9. The average molecular weight is 433 g/mol. The fourth-order valence-electron chi connectivity index (χ4n) is 4.73. The Morgan fingerprint density at radius 2 is 2.03 bits per heavy atom. The van der Waals surface area contributed by atoms with Gasteiger partial charge in [-0.25, -0.2) is 9.97 Å². The monoisotopic (exact) mass is 432 g/mol. The molecule has 1 fully saturated rings. The van der Waals surface area contributed by atoms with Crippen molar-refractivity contribution in [2.45, 2.75) is 44.6 Å². The van der Waals surface area contributed by atoms with E-state index in [9.17, 15) is 4.79 Å². The van der Waals surface area contributed by atoms with E-state index in [1.807, 2.05) is 24.3 Å². The normalized spacial score (nSPS) is 16.5. The van der Waals surface area contributed by atoms with E-state index in [0.29, 0.717) is 11.3 Å². The van der Waals surface area contributed by atoms with Gasteiger partial charge in [-0.05, 0) is 50.7 Å². The number of piperidine rings is 1. The summed E-state index contributed by atoms with van der Waals surface area (Å²) < 4.78 is 5.31. The van der Waals surface area contributed by atoms with Crippen LogP contribution in [0.2, 0.25) is 0 Å². The van der Waals surface area contributed by atoms with Gasteiger partial charge in [-0.2, -0.15) is 5.10 Å². The van der Waals surface area contributed by atoms with Crippen molar-refractivity contribution in [3.63, 3.8) is 0 Å². The summed E-state index contributed by atoms with van der Waals surface area (Å²) in [6, 6.07) is 7.74. The minimum absolute atomic E-state index is 0.102. The summed E-state index contributed by atoms with van der Waals surface area (Å²) in [5.41, 5.74) is 4.65. The third-order valence-corrected chi connectivity index (χ3v) is 6.47. The van der Waals surface area contributed by atoms with Gasteiger partial charge in [0.15, 0.2) is 0 Å². The molecule has 0 atom stereocenters. The number of ether oxygens (including phenoxy) is 1. The Balaban J connectivity index is 1.24. The van der Waals surface area contributed by atoms with Crippen molar-refractivity contribution in [2.75, 3.05) is 25.1 Å². The molecule has 32 heavy (non-hydrogen) atoms. The van der Waals surface area contributed by atoms with E-state index in [0.717, 1.165) is 55.9 Å². The maximum absolute atomic E-state index is 13.0. The Hall–Kier alpha value is -3.42. The van der Waals surface area contributed by atoms with Crippen LogP contribution in [0, 0.1) is 0 Å². The molecule has 2 aliphatic rings. The number of hydrogen-bond donors (Lipinski definition) is 2. The number of rotatable bonds is 5. The molecular weight excluding hydrogens is 404 g/mol. The van der Waals surface area contributed by atoms with Crippen LogP contribution in [0.5, 0.6) is 5.75 Å². The largest absolute Gasteiger partial charge is 0.497 e. The molecule has 0 bridgehead atoms. The first kappa shape index (κ1) is 20.5. The van der Waals surface area contributed by atoms with Crippen molar-refractivity contribution in [1.82, 2.24) is 25.5 Å².